The maximum absolute atomic E-state index is 12.4. The number of hydrogen-bond donors (Lipinski definition) is 2. The van der Waals surface area contributed by atoms with E-state index in [-0.39, 0.29) is 11.3 Å². The van der Waals surface area contributed by atoms with Crippen molar-refractivity contribution in [1.82, 2.24) is 15.6 Å². The average Bonchev–Trinajstić information content (AvgIpc) is 3.05. The molecule has 1 aromatic heterocycles. The minimum absolute atomic E-state index is 0.101. The molecule has 0 aliphatic carbocycles. The van der Waals surface area contributed by atoms with E-state index in [1.165, 1.54) is 0 Å². The van der Waals surface area contributed by atoms with Gasteiger partial charge in [0.2, 0.25) is 11.8 Å². The van der Waals surface area contributed by atoms with Gasteiger partial charge in [-0.25, -0.2) is 4.98 Å². The van der Waals surface area contributed by atoms with Gasteiger partial charge in [-0.05, 0) is 18.9 Å². The van der Waals surface area contributed by atoms with E-state index >= 15 is 0 Å². The highest BCUT2D eigenvalue weighted by Crippen LogP contribution is 2.34. The Kier molecular flexibility index (Phi) is 4.24. The summed E-state index contributed by atoms with van der Waals surface area (Å²) in [5, 5.41) is 6.25. The molecule has 1 unspecified atom stereocenters. The molecule has 106 valence electrons. The van der Waals surface area contributed by atoms with Crippen molar-refractivity contribution >= 4 is 5.91 Å². The predicted molar refractivity (Wildman–Crippen MR) is 72.5 cm³/mol. The first-order valence-electron chi connectivity index (χ1n) is 7.01. The molecular weight excluding hydrogens is 242 g/mol. The summed E-state index contributed by atoms with van der Waals surface area (Å²) >= 11 is 0. The van der Waals surface area contributed by atoms with Gasteiger partial charge in [-0.15, -0.1) is 0 Å². The molecule has 1 fully saturated rings. The Morgan fingerprint density at radius 1 is 1.63 bits per heavy atom. The summed E-state index contributed by atoms with van der Waals surface area (Å²) in [5.74, 6) is 1.85. The zero-order valence-electron chi connectivity index (χ0n) is 12.0. The topological polar surface area (TPSA) is 67.2 Å². The van der Waals surface area contributed by atoms with Crippen molar-refractivity contribution in [2.45, 2.75) is 40.2 Å². The van der Waals surface area contributed by atoms with E-state index in [1.807, 2.05) is 6.92 Å². The molecular formula is C14H23N3O2. The van der Waals surface area contributed by atoms with Gasteiger partial charge in [-0.2, -0.15) is 0 Å². The normalized spacial score (nSPS) is 22.9. The lowest BCUT2D eigenvalue weighted by molar-refractivity contribution is -0.132. The smallest absolute Gasteiger partial charge is 0.228 e. The quantitative estimate of drug-likeness (QED) is 0.846. The molecule has 2 heterocycles. The summed E-state index contributed by atoms with van der Waals surface area (Å²) in [4.78, 5) is 16.6. The Labute approximate surface area is 114 Å². The van der Waals surface area contributed by atoms with Crippen LogP contribution in [0.1, 0.15) is 38.8 Å². The number of amides is 1. The molecule has 1 saturated heterocycles. The van der Waals surface area contributed by atoms with Crippen LogP contribution in [-0.2, 0) is 17.8 Å². The maximum Gasteiger partial charge on any atom is 0.228 e. The number of rotatable bonds is 5. The third-order valence-electron chi connectivity index (χ3n) is 4.10. The van der Waals surface area contributed by atoms with E-state index < -0.39 is 0 Å². The monoisotopic (exact) mass is 265 g/mol. The number of carbonyl (C=O) groups excluding carboxylic acids is 1. The van der Waals surface area contributed by atoms with Gasteiger partial charge in [0.25, 0.3) is 0 Å². The maximum atomic E-state index is 12.4. The fraction of sp³-hybridized carbons (Fsp3) is 0.714. The van der Waals surface area contributed by atoms with Crippen molar-refractivity contribution in [3.8, 4) is 0 Å². The first-order valence-corrected chi connectivity index (χ1v) is 7.01. The standard InChI is InChI=1S/C14H23N3O2/c1-4-11-7-16-12(19-11)8-17-13(18)14(10(2)3)5-6-15-9-14/h7,10,15H,4-6,8-9H2,1-3H3,(H,17,18). The van der Waals surface area contributed by atoms with Crippen molar-refractivity contribution in [3.05, 3.63) is 17.8 Å². The minimum Gasteiger partial charge on any atom is -0.444 e. The van der Waals surface area contributed by atoms with Crippen molar-refractivity contribution in [2.24, 2.45) is 11.3 Å². The molecule has 0 bridgehead atoms. The Hall–Kier alpha value is -1.36. The molecule has 1 aromatic rings. The molecule has 5 nitrogen and oxygen atoms in total. The summed E-state index contributed by atoms with van der Waals surface area (Å²) in [7, 11) is 0. The van der Waals surface area contributed by atoms with Crippen LogP contribution in [0.4, 0.5) is 0 Å². The van der Waals surface area contributed by atoms with Crippen LogP contribution >= 0.6 is 0 Å². The molecule has 1 amide bonds. The fourth-order valence-corrected chi connectivity index (χ4v) is 2.59. The first-order chi connectivity index (χ1) is 9.08. The third kappa shape index (κ3) is 2.81. The minimum atomic E-state index is -0.291. The van der Waals surface area contributed by atoms with Crippen LogP contribution in [-0.4, -0.2) is 24.0 Å². The van der Waals surface area contributed by atoms with Gasteiger partial charge in [0.15, 0.2) is 0 Å². The van der Waals surface area contributed by atoms with Crippen LogP contribution in [0, 0.1) is 11.3 Å². The van der Waals surface area contributed by atoms with E-state index in [0.29, 0.717) is 18.4 Å². The molecule has 0 radical (unpaired) electrons. The lowest BCUT2D eigenvalue weighted by Crippen LogP contribution is -2.45. The van der Waals surface area contributed by atoms with Crippen LogP contribution in [0.15, 0.2) is 10.6 Å². The highest BCUT2D eigenvalue weighted by molar-refractivity contribution is 5.83. The lowest BCUT2D eigenvalue weighted by Gasteiger charge is -2.30. The Morgan fingerprint density at radius 3 is 2.95 bits per heavy atom. The molecule has 0 spiro atoms. The second-order valence-corrected chi connectivity index (χ2v) is 5.49. The number of aryl methyl sites for hydroxylation is 1. The van der Waals surface area contributed by atoms with Crippen molar-refractivity contribution in [1.29, 1.82) is 0 Å². The lowest BCUT2D eigenvalue weighted by atomic mass is 9.75. The fourth-order valence-electron chi connectivity index (χ4n) is 2.59. The molecule has 1 atom stereocenters. The van der Waals surface area contributed by atoms with Crippen LogP contribution in [0.2, 0.25) is 0 Å². The van der Waals surface area contributed by atoms with Gasteiger partial charge < -0.3 is 15.1 Å². The van der Waals surface area contributed by atoms with Crippen LogP contribution in [0.3, 0.4) is 0 Å². The molecule has 1 aliphatic heterocycles. The molecule has 0 aromatic carbocycles. The number of nitrogens with zero attached hydrogens (tertiary/aromatic N) is 1. The number of aromatic nitrogens is 1. The van der Waals surface area contributed by atoms with E-state index in [4.69, 9.17) is 4.42 Å². The van der Waals surface area contributed by atoms with Gasteiger partial charge >= 0.3 is 0 Å². The predicted octanol–water partition coefficient (Wildman–Crippen LogP) is 1.49. The molecule has 1 aliphatic rings. The first kappa shape index (κ1) is 14.1. The summed E-state index contributed by atoms with van der Waals surface area (Å²) in [6.07, 6.45) is 3.43. The molecule has 2 N–H and O–H groups in total. The zero-order valence-corrected chi connectivity index (χ0v) is 12.0. The van der Waals surface area contributed by atoms with E-state index in [1.54, 1.807) is 6.20 Å². The number of carbonyl (C=O) groups is 1. The van der Waals surface area contributed by atoms with Gasteiger partial charge in [-0.1, -0.05) is 20.8 Å². The summed E-state index contributed by atoms with van der Waals surface area (Å²) in [6.45, 7) is 8.25. The second-order valence-electron chi connectivity index (χ2n) is 5.49. The number of nitrogens with one attached hydrogen (secondary N) is 2. The van der Waals surface area contributed by atoms with Gasteiger partial charge in [0.1, 0.15) is 5.76 Å². The Bertz CT molecular complexity index is 434. The van der Waals surface area contributed by atoms with Gasteiger partial charge in [0.05, 0.1) is 18.2 Å². The average molecular weight is 265 g/mol. The molecule has 0 saturated carbocycles. The highest BCUT2D eigenvalue weighted by Gasteiger charge is 2.43. The van der Waals surface area contributed by atoms with E-state index in [9.17, 15) is 4.79 Å². The van der Waals surface area contributed by atoms with Crippen molar-refractivity contribution in [3.63, 3.8) is 0 Å². The SMILES string of the molecule is CCc1cnc(CNC(=O)C2(C(C)C)CCNC2)o1. The summed E-state index contributed by atoms with van der Waals surface area (Å²) in [5.41, 5.74) is -0.291. The zero-order chi connectivity index (χ0) is 13.9. The van der Waals surface area contributed by atoms with Gasteiger partial charge in [0, 0.05) is 13.0 Å². The van der Waals surface area contributed by atoms with Gasteiger partial charge in [-0.3, -0.25) is 4.79 Å². The highest BCUT2D eigenvalue weighted by atomic mass is 16.4. The van der Waals surface area contributed by atoms with E-state index in [0.717, 1.165) is 31.7 Å². The Balaban J connectivity index is 1.96. The van der Waals surface area contributed by atoms with Crippen molar-refractivity contribution in [2.75, 3.05) is 13.1 Å². The largest absolute Gasteiger partial charge is 0.444 e. The number of hydrogen-bond acceptors (Lipinski definition) is 4. The van der Waals surface area contributed by atoms with Crippen LogP contribution in [0.5, 0.6) is 0 Å². The summed E-state index contributed by atoms with van der Waals surface area (Å²) in [6, 6.07) is 0. The molecule has 19 heavy (non-hydrogen) atoms. The third-order valence-corrected chi connectivity index (χ3v) is 4.10. The molecule has 5 heteroatoms. The second kappa shape index (κ2) is 5.74. The number of oxazole rings is 1. The van der Waals surface area contributed by atoms with E-state index in [2.05, 4.69) is 29.5 Å². The van der Waals surface area contributed by atoms with Crippen LogP contribution in [0.25, 0.3) is 0 Å². The Morgan fingerprint density at radius 2 is 2.42 bits per heavy atom. The van der Waals surface area contributed by atoms with Crippen LogP contribution < -0.4 is 10.6 Å². The molecule has 2 rings (SSSR count). The van der Waals surface area contributed by atoms with Crippen molar-refractivity contribution < 1.29 is 9.21 Å². The summed E-state index contributed by atoms with van der Waals surface area (Å²) < 4.78 is 5.50.